The predicted octanol–water partition coefficient (Wildman–Crippen LogP) is 4.57. The molecule has 0 radical (unpaired) electrons. The van der Waals surface area contributed by atoms with Crippen LogP contribution in [0.3, 0.4) is 0 Å². The van der Waals surface area contributed by atoms with Crippen LogP contribution in [0.5, 0.6) is 11.5 Å². The Hall–Kier alpha value is -2.23. The van der Waals surface area contributed by atoms with Crippen molar-refractivity contribution in [2.75, 3.05) is 26.3 Å². The standard InChI is InChI=1S/C22H31N2O7PS/c1-3-29-32(26,30-4-2)24(19-25)18-10-6-9-17-23-33(27,28)22-15-13-21(14-16-22)31-20-11-7-5-8-12-20/h5,7-8,11-16,19,23H,3-4,6,9-10,17-18H2,1-2H3. The number of amides is 1. The lowest BCUT2D eigenvalue weighted by molar-refractivity contribution is -0.115. The van der Waals surface area contributed by atoms with Gasteiger partial charge in [-0.3, -0.25) is 18.5 Å². The summed E-state index contributed by atoms with van der Waals surface area (Å²) in [5.41, 5.74) is 0. The summed E-state index contributed by atoms with van der Waals surface area (Å²) in [7, 11) is -7.29. The van der Waals surface area contributed by atoms with Gasteiger partial charge in [-0.05, 0) is 63.1 Å². The Labute approximate surface area is 195 Å². The fourth-order valence-corrected chi connectivity index (χ4v) is 5.52. The quantitative estimate of drug-likeness (QED) is 0.205. The Balaban J connectivity index is 1.78. The zero-order valence-corrected chi connectivity index (χ0v) is 20.6. The summed E-state index contributed by atoms with van der Waals surface area (Å²) < 4.78 is 57.2. The Morgan fingerprint density at radius 2 is 1.52 bits per heavy atom. The zero-order valence-electron chi connectivity index (χ0n) is 18.9. The number of nitrogens with zero attached hydrogens (tertiary/aromatic N) is 1. The first-order valence-corrected chi connectivity index (χ1v) is 13.8. The fraction of sp³-hybridized carbons (Fsp3) is 0.409. The Morgan fingerprint density at radius 1 is 0.909 bits per heavy atom. The molecule has 0 aliphatic carbocycles. The maximum absolute atomic E-state index is 12.6. The third kappa shape index (κ3) is 8.57. The summed E-state index contributed by atoms with van der Waals surface area (Å²) in [4.78, 5) is 11.5. The highest BCUT2D eigenvalue weighted by Crippen LogP contribution is 2.51. The van der Waals surface area contributed by atoms with E-state index in [9.17, 15) is 17.8 Å². The molecule has 0 saturated heterocycles. The van der Waals surface area contributed by atoms with Crippen molar-refractivity contribution < 1.29 is 31.6 Å². The minimum absolute atomic E-state index is 0.143. The highest BCUT2D eigenvalue weighted by Gasteiger charge is 2.31. The molecule has 0 fully saturated rings. The van der Waals surface area contributed by atoms with Crippen molar-refractivity contribution in [3.05, 3.63) is 54.6 Å². The van der Waals surface area contributed by atoms with Gasteiger partial charge in [0.1, 0.15) is 11.5 Å². The largest absolute Gasteiger partial charge is 0.457 e. The van der Waals surface area contributed by atoms with E-state index in [1.807, 2.05) is 30.3 Å². The molecular weight excluding hydrogens is 467 g/mol. The molecule has 0 aliphatic rings. The second kappa shape index (κ2) is 13.5. The Morgan fingerprint density at radius 3 is 2.09 bits per heavy atom. The Kier molecular flexibility index (Phi) is 11.0. The van der Waals surface area contributed by atoms with Gasteiger partial charge in [0.15, 0.2) is 0 Å². The predicted molar refractivity (Wildman–Crippen MR) is 126 cm³/mol. The molecule has 1 N–H and O–H groups in total. The topological polar surface area (TPSA) is 111 Å². The number of nitrogens with one attached hydrogen (secondary N) is 1. The number of carbonyl (C=O) groups excluding carboxylic acids is 1. The SMILES string of the molecule is CCOP(=O)(OCC)N(C=O)CCCCCNS(=O)(=O)c1ccc(Oc2ccccc2)cc1. The van der Waals surface area contributed by atoms with Gasteiger partial charge < -0.3 is 4.74 Å². The molecule has 1 amide bonds. The van der Waals surface area contributed by atoms with Gasteiger partial charge in [0.2, 0.25) is 16.4 Å². The summed E-state index contributed by atoms with van der Waals surface area (Å²) >= 11 is 0. The number of carbonyl (C=O) groups is 1. The van der Waals surface area contributed by atoms with Crippen molar-refractivity contribution in [2.45, 2.75) is 38.0 Å². The Bertz CT molecular complexity index is 991. The smallest absolute Gasteiger partial charge is 0.437 e. The second-order valence-corrected chi connectivity index (χ2v) is 10.7. The number of rotatable bonds is 16. The molecule has 2 aromatic rings. The van der Waals surface area contributed by atoms with E-state index in [1.54, 1.807) is 26.0 Å². The molecular formula is C22H31N2O7PS. The monoisotopic (exact) mass is 498 g/mol. The van der Waals surface area contributed by atoms with Crippen LogP contribution in [-0.4, -0.2) is 45.8 Å². The van der Waals surface area contributed by atoms with E-state index in [2.05, 4.69) is 4.72 Å². The second-order valence-electron chi connectivity index (χ2n) is 6.92. The van der Waals surface area contributed by atoms with Crippen molar-refractivity contribution in [3.63, 3.8) is 0 Å². The molecule has 0 saturated carbocycles. The summed E-state index contributed by atoms with van der Waals surface area (Å²) in [6, 6.07) is 15.4. The maximum atomic E-state index is 12.6. The maximum Gasteiger partial charge on any atom is 0.437 e. The zero-order chi connectivity index (χ0) is 24.2. The average Bonchev–Trinajstić information content (AvgIpc) is 2.80. The fourth-order valence-electron chi connectivity index (χ4n) is 2.92. The lowest BCUT2D eigenvalue weighted by atomic mass is 10.2. The normalized spacial score (nSPS) is 11.8. The number of hydrogen-bond donors (Lipinski definition) is 1. The van der Waals surface area contributed by atoms with Gasteiger partial charge >= 0.3 is 7.75 Å². The van der Waals surface area contributed by atoms with E-state index in [0.717, 1.165) is 4.67 Å². The average molecular weight is 499 g/mol. The summed E-state index contributed by atoms with van der Waals surface area (Å²) in [5.74, 6) is 1.20. The molecule has 9 nitrogen and oxygen atoms in total. The first-order chi connectivity index (χ1) is 15.8. The third-order valence-corrected chi connectivity index (χ3v) is 8.06. The van der Waals surface area contributed by atoms with Crippen LogP contribution >= 0.6 is 7.75 Å². The van der Waals surface area contributed by atoms with Crippen LogP contribution in [0, 0.1) is 0 Å². The van der Waals surface area contributed by atoms with Crippen molar-refractivity contribution in [3.8, 4) is 11.5 Å². The van der Waals surface area contributed by atoms with Crippen LogP contribution in [-0.2, 0) is 28.4 Å². The van der Waals surface area contributed by atoms with Gasteiger partial charge in [-0.25, -0.2) is 17.7 Å². The van der Waals surface area contributed by atoms with Crippen LogP contribution in [0.4, 0.5) is 0 Å². The van der Waals surface area contributed by atoms with E-state index >= 15 is 0 Å². The van der Waals surface area contributed by atoms with Gasteiger partial charge in [-0.1, -0.05) is 24.6 Å². The van der Waals surface area contributed by atoms with Gasteiger partial charge in [-0.2, -0.15) is 0 Å². The van der Waals surface area contributed by atoms with E-state index in [-0.39, 0.29) is 31.2 Å². The van der Waals surface area contributed by atoms with Gasteiger partial charge in [0.05, 0.1) is 18.1 Å². The molecule has 2 rings (SSSR count). The molecule has 11 heteroatoms. The van der Waals surface area contributed by atoms with Crippen molar-refractivity contribution in [2.24, 2.45) is 0 Å². The number of para-hydroxylation sites is 1. The number of unbranched alkanes of at least 4 members (excludes halogenated alkanes) is 2. The number of hydrogen-bond acceptors (Lipinski definition) is 7. The van der Waals surface area contributed by atoms with Crippen LogP contribution < -0.4 is 9.46 Å². The minimum Gasteiger partial charge on any atom is -0.457 e. The molecule has 0 aliphatic heterocycles. The van der Waals surface area contributed by atoms with Gasteiger partial charge in [0, 0.05) is 13.1 Å². The van der Waals surface area contributed by atoms with E-state index in [4.69, 9.17) is 13.8 Å². The highest BCUT2D eigenvalue weighted by molar-refractivity contribution is 7.89. The third-order valence-electron chi connectivity index (χ3n) is 4.49. The minimum atomic E-state index is -3.65. The van der Waals surface area contributed by atoms with Crippen LogP contribution in [0.2, 0.25) is 0 Å². The molecule has 0 bridgehead atoms. The number of ether oxygens (including phenoxy) is 1. The summed E-state index contributed by atoms with van der Waals surface area (Å²) in [6.45, 7) is 4.08. The molecule has 33 heavy (non-hydrogen) atoms. The molecule has 0 atom stereocenters. The number of benzene rings is 2. The highest BCUT2D eigenvalue weighted by atomic mass is 32.2. The molecule has 182 valence electrons. The lowest BCUT2D eigenvalue weighted by Crippen LogP contribution is -2.25. The van der Waals surface area contributed by atoms with Crippen molar-refractivity contribution in [1.29, 1.82) is 0 Å². The van der Waals surface area contributed by atoms with Crippen LogP contribution in [0.25, 0.3) is 0 Å². The molecule has 0 heterocycles. The van der Waals surface area contributed by atoms with E-state index in [0.29, 0.717) is 37.2 Å². The van der Waals surface area contributed by atoms with Crippen LogP contribution in [0.15, 0.2) is 59.5 Å². The van der Waals surface area contributed by atoms with E-state index < -0.39 is 17.8 Å². The lowest BCUT2D eigenvalue weighted by Gasteiger charge is -2.26. The van der Waals surface area contributed by atoms with Crippen molar-refractivity contribution >= 4 is 24.2 Å². The molecule has 0 spiro atoms. The van der Waals surface area contributed by atoms with Crippen LogP contribution in [0.1, 0.15) is 33.1 Å². The van der Waals surface area contributed by atoms with Gasteiger partial charge in [0.25, 0.3) is 0 Å². The molecule has 2 aromatic carbocycles. The van der Waals surface area contributed by atoms with Crippen molar-refractivity contribution in [1.82, 2.24) is 9.39 Å². The summed E-state index contributed by atoms with van der Waals surface area (Å²) in [6.07, 6.45) is 2.15. The first-order valence-electron chi connectivity index (χ1n) is 10.8. The molecule has 0 unspecified atom stereocenters. The van der Waals surface area contributed by atoms with E-state index in [1.165, 1.54) is 12.1 Å². The number of sulfonamides is 1. The summed E-state index contributed by atoms with van der Waals surface area (Å²) in [5, 5.41) is 0. The first kappa shape index (κ1) is 27.0. The van der Waals surface area contributed by atoms with Gasteiger partial charge in [-0.15, -0.1) is 0 Å². The molecule has 0 aromatic heterocycles.